The van der Waals surface area contributed by atoms with Gasteiger partial charge in [-0.05, 0) is 59.5 Å². The van der Waals surface area contributed by atoms with Crippen LogP contribution in [0.3, 0.4) is 0 Å². The average molecular weight is 409 g/mol. The molecule has 1 saturated carbocycles. The first-order valence-electron chi connectivity index (χ1n) is 10.3. The number of thiazole rings is 1. The first-order valence-corrected chi connectivity index (χ1v) is 11.1. The molecule has 1 aliphatic heterocycles. The van der Waals surface area contributed by atoms with Crippen molar-refractivity contribution < 1.29 is 14.3 Å². The zero-order valence-corrected chi connectivity index (χ0v) is 17.9. The topological polar surface area (TPSA) is 83.6 Å². The van der Waals surface area contributed by atoms with Gasteiger partial charge in [-0.15, -0.1) is 0 Å². The third-order valence-corrected chi connectivity index (χ3v) is 6.00. The highest BCUT2D eigenvalue weighted by molar-refractivity contribution is 7.11. The number of carbonyl (C=O) groups excluding carboxylic acids is 2. The number of hydrogen-bond acceptors (Lipinski definition) is 6. The maximum absolute atomic E-state index is 12.4. The fraction of sp³-hybridized carbons (Fsp3) is 0.750. The van der Waals surface area contributed by atoms with Crippen LogP contribution >= 0.6 is 11.3 Å². The number of amides is 2. The van der Waals surface area contributed by atoms with Crippen molar-refractivity contribution >= 4 is 23.3 Å². The van der Waals surface area contributed by atoms with E-state index in [0.717, 1.165) is 51.0 Å². The summed E-state index contributed by atoms with van der Waals surface area (Å²) in [6.45, 7) is 8.21. The van der Waals surface area contributed by atoms with Gasteiger partial charge in [-0.1, -0.05) is 24.2 Å². The Morgan fingerprint density at radius 2 is 1.89 bits per heavy atom. The normalized spacial score (nSPS) is 19.5. The highest BCUT2D eigenvalue weighted by Gasteiger charge is 2.27. The van der Waals surface area contributed by atoms with E-state index < -0.39 is 6.09 Å². The Morgan fingerprint density at radius 3 is 2.54 bits per heavy atom. The van der Waals surface area contributed by atoms with Gasteiger partial charge >= 0.3 is 6.09 Å². The van der Waals surface area contributed by atoms with Crippen molar-refractivity contribution in [2.24, 2.45) is 5.92 Å². The summed E-state index contributed by atoms with van der Waals surface area (Å²) in [5.74, 6) is 0.369. The first kappa shape index (κ1) is 21.0. The number of carbonyl (C=O) groups is 2. The van der Waals surface area contributed by atoms with Gasteiger partial charge in [0.15, 0.2) is 0 Å². The van der Waals surface area contributed by atoms with Crippen LogP contribution in [0.1, 0.15) is 65.0 Å². The molecule has 1 aliphatic carbocycles. The molecule has 2 aliphatic rings. The fourth-order valence-electron chi connectivity index (χ4n) is 3.79. The van der Waals surface area contributed by atoms with Crippen LogP contribution in [0.25, 0.3) is 0 Å². The number of ether oxygens (including phenoxy) is 1. The minimum absolute atomic E-state index is 0.132. The third-order valence-electron chi connectivity index (χ3n) is 5.23. The van der Waals surface area contributed by atoms with Gasteiger partial charge in [0.2, 0.25) is 5.91 Å². The van der Waals surface area contributed by atoms with Crippen LogP contribution in [0, 0.1) is 5.92 Å². The molecule has 0 unspecified atom stereocenters. The van der Waals surface area contributed by atoms with Crippen LogP contribution < -0.4 is 15.4 Å². The van der Waals surface area contributed by atoms with Crippen LogP contribution in [0.15, 0.2) is 5.38 Å². The molecule has 28 heavy (non-hydrogen) atoms. The van der Waals surface area contributed by atoms with Crippen molar-refractivity contribution in [3.63, 3.8) is 0 Å². The number of aromatic nitrogens is 1. The highest BCUT2D eigenvalue weighted by Crippen LogP contribution is 2.24. The molecule has 8 heteroatoms. The molecular weight excluding hydrogens is 376 g/mol. The Hall–Kier alpha value is -1.67. The van der Waals surface area contributed by atoms with Crippen LogP contribution in [-0.2, 0) is 11.3 Å². The molecule has 1 aromatic heterocycles. The predicted molar refractivity (Wildman–Crippen MR) is 109 cm³/mol. The van der Waals surface area contributed by atoms with E-state index in [2.05, 4.69) is 20.5 Å². The van der Waals surface area contributed by atoms with Crippen molar-refractivity contribution in [2.45, 2.75) is 77.4 Å². The second-order valence-corrected chi connectivity index (χ2v) is 9.73. The molecule has 2 amide bonds. The molecule has 0 atom stereocenters. The maximum Gasteiger partial charge on any atom is 0.414 e. The first-order chi connectivity index (χ1) is 13.3. The van der Waals surface area contributed by atoms with E-state index in [1.54, 1.807) is 0 Å². The molecule has 2 heterocycles. The Morgan fingerprint density at radius 1 is 1.21 bits per heavy atom. The molecule has 0 spiro atoms. The number of nitrogens with zero attached hydrogens (tertiary/aromatic N) is 2. The molecule has 3 rings (SSSR count). The summed E-state index contributed by atoms with van der Waals surface area (Å²) in [6.07, 6.45) is 6.03. The second kappa shape index (κ2) is 9.22. The van der Waals surface area contributed by atoms with Gasteiger partial charge in [-0.2, -0.15) is 0 Å². The Balaban J connectivity index is 1.40. The molecule has 1 aromatic rings. The largest absolute Gasteiger partial charge is 0.414 e. The number of nitrogens with one attached hydrogen (secondary N) is 2. The van der Waals surface area contributed by atoms with Crippen molar-refractivity contribution in [2.75, 3.05) is 13.1 Å². The van der Waals surface area contributed by atoms with Crippen LogP contribution in [-0.4, -0.2) is 46.6 Å². The second-order valence-electron chi connectivity index (χ2n) is 8.91. The predicted octanol–water partition coefficient (Wildman–Crippen LogP) is 3.30. The van der Waals surface area contributed by atoms with E-state index >= 15 is 0 Å². The Kier molecular flexibility index (Phi) is 6.93. The summed E-state index contributed by atoms with van der Waals surface area (Å²) >= 11 is 1.33. The summed E-state index contributed by atoms with van der Waals surface area (Å²) in [5, 5.41) is 8.28. The lowest BCUT2D eigenvalue weighted by atomic mass is 9.95. The Bertz CT molecular complexity index is 671. The fourth-order valence-corrected chi connectivity index (χ4v) is 4.45. The van der Waals surface area contributed by atoms with Crippen LogP contribution in [0.2, 0.25) is 0 Å². The van der Waals surface area contributed by atoms with Crippen LogP contribution in [0.4, 0.5) is 4.79 Å². The molecule has 0 bridgehead atoms. The SMILES string of the molecule is CC(C)(C)NC(=O)Oc1nc(CN2CCC(C(=O)NC3CCCC3)CC2)cs1. The molecule has 2 fully saturated rings. The van der Waals surface area contributed by atoms with Crippen LogP contribution in [0.5, 0.6) is 5.19 Å². The lowest BCUT2D eigenvalue weighted by molar-refractivity contribution is -0.127. The van der Waals surface area contributed by atoms with E-state index in [4.69, 9.17) is 4.74 Å². The monoisotopic (exact) mass is 408 g/mol. The molecule has 7 nitrogen and oxygen atoms in total. The summed E-state index contributed by atoms with van der Waals surface area (Å²) in [5.41, 5.74) is 0.559. The smallest absolute Gasteiger partial charge is 0.381 e. The lowest BCUT2D eigenvalue weighted by Crippen LogP contribution is -2.43. The third kappa shape index (κ3) is 6.44. The summed E-state index contributed by atoms with van der Waals surface area (Å²) < 4.78 is 5.26. The Labute approximate surface area is 171 Å². The van der Waals surface area contributed by atoms with Crippen molar-refractivity contribution in [1.82, 2.24) is 20.5 Å². The summed E-state index contributed by atoms with van der Waals surface area (Å²) in [6, 6.07) is 0.398. The molecule has 156 valence electrons. The summed E-state index contributed by atoms with van der Waals surface area (Å²) in [4.78, 5) is 31.0. The molecule has 0 aromatic carbocycles. The van der Waals surface area contributed by atoms with E-state index in [1.807, 2.05) is 26.2 Å². The quantitative estimate of drug-likeness (QED) is 0.781. The van der Waals surface area contributed by atoms with Gasteiger partial charge in [0.1, 0.15) is 0 Å². The number of hydrogen-bond donors (Lipinski definition) is 2. The van der Waals surface area contributed by atoms with E-state index in [-0.39, 0.29) is 17.4 Å². The van der Waals surface area contributed by atoms with Gasteiger partial charge in [0.25, 0.3) is 5.19 Å². The number of likely N-dealkylation sites (tertiary alicyclic amines) is 1. The lowest BCUT2D eigenvalue weighted by Gasteiger charge is -2.31. The van der Waals surface area contributed by atoms with Gasteiger partial charge in [-0.3, -0.25) is 9.69 Å². The van der Waals surface area contributed by atoms with E-state index in [1.165, 1.54) is 24.2 Å². The molecule has 1 saturated heterocycles. The zero-order valence-electron chi connectivity index (χ0n) is 17.1. The van der Waals surface area contributed by atoms with Gasteiger partial charge in [-0.25, -0.2) is 9.78 Å². The van der Waals surface area contributed by atoms with Crippen molar-refractivity contribution in [3.8, 4) is 5.19 Å². The standard InChI is InChI=1S/C20H32N4O3S/c1-20(2,3)23-18(26)27-19-22-16(13-28-19)12-24-10-8-14(9-11-24)17(25)21-15-6-4-5-7-15/h13-15H,4-12H2,1-3H3,(H,21,25)(H,23,26). The van der Waals surface area contributed by atoms with E-state index in [9.17, 15) is 9.59 Å². The minimum Gasteiger partial charge on any atom is -0.381 e. The van der Waals surface area contributed by atoms with Crippen molar-refractivity contribution in [1.29, 1.82) is 0 Å². The molecule has 0 radical (unpaired) electrons. The van der Waals surface area contributed by atoms with Gasteiger partial charge < -0.3 is 15.4 Å². The number of rotatable bonds is 5. The molecule has 2 N–H and O–H groups in total. The molecular formula is C20H32N4O3S. The average Bonchev–Trinajstić information content (AvgIpc) is 3.26. The maximum atomic E-state index is 12.4. The minimum atomic E-state index is -0.484. The van der Waals surface area contributed by atoms with Gasteiger partial charge in [0.05, 0.1) is 5.69 Å². The van der Waals surface area contributed by atoms with Crippen molar-refractivity contribution in [3.05, 3.63) is 11.1 Å². The van der Waals surface area contributed by atoms with Gasteiger partial charge in [0, 0.05) is 29.4 Å². The number of piperidine rings is 1. The highest BCUT2D eigenvalue weighted by atomic mass is 32.1. The zero-order chi connectivity index (χ0) is 20.1. The summed E-state index contributed by atoms with van der Waals surface area (Å²) in [7, 11) is 0. The van der Waals surface area contributed by atoms with E-state index in [0.29, 0.717) is 11.2 Å².